The average Bonchev–Trinajstić information content (AvgIpc) is 2.64. The van der Waals surface area contributed by atoms with Crippen molar-refractivity contribution in [3.8, 4) is 0 Å². The standard InChI is InChI=1S/C16H12O2/c1-10-6-8-11(9-7-10)14-15(17)12-4-2-3-5-13(12)16(14)18/h2-9,17H,1H3. The van der Waals surface area contributed by atoms with Gasteiger partial charge < -0.3 is 5.11 Å². The van der Waals surface area contributed by atoms with Gasteiger partial charge >= 0.3 is 0 Å². The maximum absolute atomic E-state index is 12.3. The van der Waals surface area contributed by atoms with Crippen LogP contribution in [0.5, 0.6) is 0 Å². The summed E-state index contributed by atoms with van der Waals surface area (Å²) in [5.41, 5.74) is 3.49. The second-order valence-electron chi connectivity index (χ2n) is 4.46. The van der Waals surface area contributed by atoms with Gasteiger partial charge in [0, 0.05) is 11.1 Å². The van der Waals surface area contributed by atoms with Gasteiger partial charge in [0.05, 0.1) is 5.57 Å². The van der Waals surface area contributed by atoms with Gasteiger partial charge in [-0.25, -0.2) is 0 Å². The molecule has 18 heavy (non-hydrogen) atoms. The summed E-state index contributed by atoms with van der Waals surface area (Å²) < 4.78 is 0. The van der Waals surface area contributed by atoms with Crippen LogP contribution in [0.4, 0.5) is 0 Å². The lowest BCUT2D eigenvalue weighted by molar-refractivity contribution is 0.105. The van der Waals surface area contributed by atoms with Crippen molar-refractivity contribution in [3.63, 3.8) is 0 Å². The first kappa shape index (κ1) is 10.8. The van der Waals surface area contributed by atoms with Crippen LogP contribution in [0.2, 0.25) is 0 Å². The number of fused-ring (bicyclic) bond motifs is 1. The molecule has 2 aromatic carbocycles. The number of allylic oxidation sites excluding steroid dienone is 1. The molecule has 0 spiro atoms. The zero-order valence-corrected chi connectivity index (χ0v) is 9.97. The fraction of sp³-hybridized carbons (Fsp3) is 0.0625. The molecule has 0 fully saturated rings. The molecule has 1 aliphatic carbocycles. The van der Waals surface area contributed by atoms with E-state index in [0.717, 1.165) is 11.1 Å². The Labute approximate surface area is 105 Å². The Morgan fingerprint density at radius 3 is 2.11 bits per heavy atom. The SMILES string of the molecule is Cc1ccc(C2=C(O)c3ccccc3C2=O)cc1. The van der Waals surface area contributed by atoms with E-state index in [2.05, 4.69) is 0 Å². The quantitative estimate of drug-likeness (QED) is 0.821. The van der Waals surface area contributed by atoms with Crippen molar-refractivity contribution in [2.75, 3.05) is 0 Å². The molecular formula is C16H12O2. The molecule has 2 nitrogen and oxygen atoms in total. The average molecular weight is 236 g/mol. The number of hydrogen-bond acceptors (Lipinski definition) is 2. The van der Waals surface area contributed by atoms with E-state index in [1.807, 2.05) is 43.3 Å². The van der Waals surface area contributed by atoms with Gasteiger partial charge in [0.2, 0.25) is 0 Å². The molecule has 0 unspecified atom stereocenters. The molecule has 0 atom stereocenters. The number of aliphatic hydroxyl groups is 1. The van der Waals surface area contributed by atoms with Gasteiger partial charge in [-0.1, -0.05) is 54.1 Å². The predicted molar refractivity (Wildman–Crippen MR) is 71.4 cm³/mol. The Kier molecular flexibility index (Phi) is 2.30. The van der Waals surface area contributed by atoms with Crippen molar-refractivity contribution in [1.29, 1.82) is 0 Å². The molecule has 0 saturated carbocycles. The lowest BCUT2D eigenvalue weighted by Crippen LogP contribution is -1.98. The van der Waals surface area contributed by atoms with Gasteiger partial charge in [-0.2, -0.15) is 0 Å². The molecule has 2 heteroatoms. The number of Topliss-reactive ketones (excluding diaryl/α,β-unsaturated/α-hetero) is 1. The van der Waals surface area contributed by atoms with Crippen molar-refractivity contribution in [2.45, 2.75) is 6.92 Å². The summed E-state index contributed by atoms with van der Waals surface area (Å²) in [6.07, 6.45) is 0. The van der Waals surface area contributed by atoms with Crippen LogP contribution in [-0.4, -0.2) is 10.9 Å². The van der Waals surface area contributed by atoms with E-state index in [4.69, 9.17) is 0 Å². The second-order valence-corrected chi connectivity index (χ2v) is 4.46. The van der Waals surface area contributed by atoms with Gasteiger partial charge in [-0.3, -0.25) is 4.79 Å². The topological polar surface area (TPSA) is 37.3 Å². The Morgan fingerprint density at radius 1 is 0.889 bits per heavy atom. The van der Waals surface area contributed by atoms with Crippen LogP contribution in [0.1, 0.15) is 27.0 Å². The fourth-order valence-electron chi connectivity index (χ4n) is 2.25. The molecule has 0 radical (unpaired) electrons. The zero-order chi connectivity index (χ0) is 12.7. The third-order valence-corrected chi connectivity index (χ3v) is 3.23. The van der Waals surface area contributed by atoms with Crippen LogP contribution in [0, 0.1) is 6.92 Å². The molecule has 0 heterocycles. The van der Waals surface area contributed by atoms with Crippen molar-refractivity contribution < 1.29 is 9.90 Å². The molecule has 1 aliphatic rings. The van der Waals surface area contributed by atoms with Gasteiger partial charge in [-0.05, 0) is 12.5 Å². The minimum absolute atomic E-state index is 0.0828. The third kappa shape index (κ3) is 1.46. The van der Waals surface area contributed by atoms with Crippen molar-refractivity contribution >= 4 is 17.1 Å². The van der Waals surface area contributed by atoms with Crippen LogP contribution in [0.3, 0.4) is 0 Å². The number of aliphatic hydroxyl groups excluding tert-OH is 1. The first-order chi connectivity index (χ1) is 8.68. The van der Waals surface area contributed by atoms with Gasteiger partial charge in [0.25, 0.3) is 0 Å². The zero-order valence-electron chi connectivity index (χ0n) is 9.97. The van der Waals surface area contributed by atoms with E-state index >= 15 is 0 Å². The summed E-state index contributed by atoms with van der Waals surface area (Å²) >= 11 is 0. The number of benzene rings is 2. The maximum Gasteiger partial charge on any atom is 0.198 e. The first-order valence-corrected chi connectivity index (χ1v) is 5.83. The van der Waals surface area contributed by atoms with Crippen molar-refractivity contribution in [1.82, 2.24) is 0 Å². The summed E-state index contributed by atoms with van der Waals surface area (Å²) in [6, 6.07) is 14.7. The second kappa shape index (κ2) is 3.84. The fourth-order valence-corrected chi connectivity index (χ4v) is 2.25. The summed E-state index contributed by atoms with van der Waals surface area (Å²) in [6.45, 7) is 1.99. The highest BCUT2D eigenvalue weighted by atomic mass is 16.3. The summed E-state index contributed by atoms with van der Waals surface area (Å²) in [5, 5.41) is 10.2. The summed E-state index contributed by atoms with van der Waals surface area (Å²) in [5.74, 6) is -0.0218. The highest BCUT2D eigenvalue weighted by Gasteiger charge is 2.29. The molecule has 0 bridgehead atoms. The van der Waals surface area contributed by atoms with Crippen molar-refractivity contribution in [2.24, 2.45) is 0 Å². The van der Waals surface area contributed by atoms with Crippen LogP contribution in [0.15, 0.2) is 48.5 Å². The normalized spacial score (nSPS) is 13.9. The maximum atomic E-state index is 12.3. The molecular weight excluding hydrogens is 224 g/mol. The molecule has 0 aliphatic heterocycles. The smallest absolute Gasteiger partial charge is 0.198 e. The van der Waals surface area contributed by atoms with E-state index in [9.17, 15) is 9.90 Å². The van der Waals surface area contributed by atoms with Gasteiger partial charge in [-0.15, -0.1) is 0 Å². The van der Waals surface area contributed by atoms with E-state index in [1.54, 1.807) is 12.1 Å². The summed E-state index contributed by atoms with van der Waals surface area (Å²) in [4.78, 5) is 12.3. The predicted octanol–water partition coefficient (Wildman–Crippen LogP) is 3.62. The molecule has 0 saturated heterocycles. The minimum atomic E-state index is -0.105. The third-order valence-electron chi connectivity index (χ3n) is 3.23. The Morgan fingerprint density at radius 2 is 1.50 bits per heavy atom. The van der Waals surface area contributed by atoms with Crippen LogP contribution in [-0.2, 0) is 0 Å². The van der Waals surface area contributed by atoms with E-state index in [1.165, 1.54) is 0 Å². The highest BCUT2D eigenvalue weighted by molar-refractivity contribution is 6.38. The number of rotatable bonds is 1. The van der Waals surface area contributed by atoms with E-state index in [0.29, 0.717) is 16.7 Å². The highest BCUT2D eigenvalue weighted by Crippen LogP contribution is 2.36. The lowest BCUT2D eigenvalue weighted by Gasteiger charge is -2.02. The number of aryl methyl sites for hydroxylation is 1. The molecule has 1 N–H and O–H groups in total. The van der Waals surface area contributed by atoms with Crippen molar-refractivity contribution in [3.05, 3.63) is 70.8 Å². The molecule has 0 amide bonds. The number of carbonyl (C=O) groups is 1. The summed E-state index contributed by atoms with van der Waals surface area (Å²) in [7, 11) is 0. The van der Waals surface area contributed by atoms with Crippen LogP contribution < -0.4 is 0 Å². The van der Waals surface area contributed by atoms with E-state index < -0.39 is 0 Å². The van der Waals surface area contributed by atoms with Crippen LogP contribution in [0.25, 0.3) is 11.3 Å². The molecule has 88 valence electrons. The monoisotopic (exact) mass is 236 g/mol. The molecule has 2 aromatic rings. The molecule has 3 rings (SSSR count). The first-order valence-electron chi connectivity index (χ1n) is 5.83. The number of ketones is 1. The lowest BCUT2D eigenvalue weighted by atomic mass is 10.0. The molecule has 0 aromatic heterocycles. The van der Waals surface area contributed by atoms with E-state index in [-0.39, 0.29) is 11.5 Å². The number of carbonyl (C=O) groups excluding carboxylic acids is 1. The minimum Gasteiger partial charge on any atom is -0.507 e. The Bertz CT molecular complexity index is 664. The van der Waals surface area contributed by atoms with Gasteiger partial charge in [0.1, 0.15) is 5.76 Å². The van der Waals surface area contributed by atoms with Crippen LogP contribution >= 0.6 is 0 Å². The number of hydrogen-bond donors (Lipinski definition) is 1. The largest absolute Gasteiger partial charge is 0.507 e. The Hall–Kier alpha value is -2.35. The Balaban J connectivity index is 2.18. The van der Waals surface area contributed by atoms with Gasteiger partial charge in [0.15, 0.2) is 5.78 Å².